The number of carbonyl (C=O) groups is 1. The fraction of sp³-hybridized carbons (Fsp3) is 0.350. The molecule has 0 aromatic heterocycles. The zero-order valence-electron chi connectivity index (χ0n) is 15.0. The van der Waals surface area contributed by atoms with E-state index < -0.39 is 6.10 Å². The number of carbonyl (C=O) groups excluding carboxylic acids is 1. The number of aliphatic hydroxyl groups is 1. The van der Waals surface area contributed by atoms with Crippen molar-refractivity contribution in [1.29, 1.82) is 0 Å². The van der Waals surface area contributed by atoms with E-state index in [4.69, 9.17) is 4.74 Å². The summed E-state index contributed by atoms with van der Waals surface area (Å²) in [6.45, 7) is 4.36. The van der Waals surface area contributed by atoms with Gasteiger partial charge in [-0.3, -0.25) is 4.79 Å². The number of methoxy groups -OCH3 is 1. The van der Waals surface area contributed by atoms with Gasteiger partial charge in [-0.2, -0.15) is 0 Å². The maximum absolute atomic E-state index is 12.5. The molecule has 2 rings (SSSR count). The zero-order chi connectivity index (χ0) is 18.2. The van der Waals surface area contributed by atoms with Crippen molar-refractivity contribution in [3.05, 3.63) is 54.1 Å². The molecule has 2 aromatic rings. The number of para-hydroxylation sites is 1. The molecule has 2 aromatic carbocycles. The van der Waals surface area contributed by atoms with E-state index in [1.54, 1.807) is 13.2 Å². The van der Waals surface area contributed by atoms with Crippen molar-refractivity contribution in [3.63, 3.8) is 0 Å². The Morgan fingerprint density at radius 3 is 2.44 bits per heavy atom. The van der Waals surface area contributed by atoms with Gasteiger partial charge in [-0.1, -0.05) is 26.0 Å². The molecule has 0 radical (unpaired) electrons. The number of hydrogen-bond acceptors (Lipinski definition) is 4. The first-order valence-electron chi connectivity index (χ1n) is 8.47. The van der Waals surface area contributed by atoms with Crippen molar-refractivity contribution in [1.82, 2.24) is 5.32 Å². The molecule has 0 heterocycles. The molecular formula is C20H26N2O3. The van der Waals surface area contributed by atoms with Crippen LogP contribution in [0.4, 0.5) is 11.4 Å². The summed E-state index contributed by atoms with van der Waals surface area (Å²) >= 11 is 0. The Morgan fingerprint density at radius 2 is 1.80 bits per heavy atom. The van der Waals surface area contributed by atoms with Crippen LogP contribution in [-0.2, 0) is 0 Å². The summed E-state index contributed by atoms with van der Waals surface area (Å²) in [6, 6.07) is 14.9. The summed E-state index contributed by atoms with van der Waals surface area (Å²) in [4.78, 5) is 12.5. The summed E-state index contributed by atoms with van der Waals surface area (Å²) in [6.07, 6.45) is 0.130. The maximum Gasteiger partial charge on any atom is 0.253 e. The first kappa shape index (κ1) is 18.8. The molecule has 25 heavy (non-hydrogen) atoms. The van der Waals surface area contributed by atoms with E-state index in [1.807, 2.05) is 56.3 Å². The fourth-order valence-corrected chi connectivity index (χ4v) is 2.38. The van der Waals surface area contributed by atoms with Crippen LogP contribution in [0, 0.1) is 5.92 Å². The predicted octanol–water partition coefficient (Wildman–Crippen LogP) is 3.58. The summed E-state index contributed by atoms with van der Waals surface area (Å²) in [5.74, 6) is 0.800. The largest absolute Gasteiger partial charge is 0.497 e. The third-order valence-corrected chi connectivity index (χ3v) is 4.04. The normalized spacial score (nSPS) is 11.9. The average Bonchev–Trinajstić information content (AvgIpc) is 2.62. The highest BCUT2D eigenvalue weighted by atomic mass is 16.5. The second-order valence-electron chi connectivity index (χ2n) is 6.26. The van der Waals surface area contributed by atoms with Gasteiger partial charge in [0, 0.05) is 12.2 Å². The van der Waals surface area contributed by atoms with E-state index in [9.17, 15) is 9.90 Å². The molecule has 0 aliphatic heterocycles. The highest BCUT2D eigenvalue weighted by molar-refractivity contribution is 6.00. The maximum atomic E-state index is 12.5. The predicted molar refractivity (Wildman–Crippen MR) is 101 cm³/mol. The lowest BCUT2D eigenvalue weighted by Gasteiger charge is -2.16. The topological polar surface area (TPSA) is 70.6 Å². The molecule has 5 heteroatoms. The molecule has 0 fully saturated rings. The molecule has 134 valence electrons. The molecule has 0 saturated heterocycles. The van der Waals surface area contributed by atoms with Crippen molar-refractivity contribution in [2.75, 3.05) is 19.0 Å². The van der Waals surface area contributed by atoms with Gasteiger partial charge in [0.05, 0.1) is 24.5 Å². The molecule has 0 spiro atoms. The molecule has 3 N–H and O–H groups in total. The number of anilines is 2. The molecule has 0 aliphatic rings. The van der Waals surface area contributed by atoms with Gasteiger partial charge in [-0.15, -0.1) is 0 Å². The lowest BCUT2D eigenvalue weighted by atomic mass is 10.0. The quantitative estimate of drug-likeness (QED) is 0.686. The van der Waals surface area contributed by atoms with Gasteiger partial charge in [0.1, 0.15) is 5.75 Å². The van der Waals surface area contributed by atoms with E-state index in [1.165, 1.54) is 0 Å². The van der Waals surface area contributed by atoms with Gasteiger partial charge in [0.15, 0.2) is 0 Å². The Bertz CT molecular complexity index is 684. The standard InChI is InChI=1S/C20H26N2O3/c1-14(2)19(23)12-13-21-20(24)17-6-4-5-7-18(17)22-15-8-10-16(25-3)11-9-15/h4-11,14,19,22-23H,12-13H2,1-3H3,(H,21,24). The van der Waals surface area contributed by atoms with Crippen LogP contribution in [0.3, 0.4) is 0 Å². The second-order valence-corrected chi connectivity index (χ2v) is 6.26. The Hall–Kier alpha value is -2.53. The van der Waals surface area contributed by atoms with Crippen LogP contribution < -0.4 is 15.4 Å². The minimum Gasteiger partial charge on any atom is -0.497 e. The number of amides is 1. The van der Waals surface area contributed by atoms with E-state index >= 15 is 0 Å². The van der Waals surface area contributed by atoms with Crippen LogP contribution in [0.5, 0.6) is 5.75 Å². The van der Waals surface area contributed by atoms with Crippen LogP contribution in [0.15, 0.2) is 48.5 Å². The van der Waals surface area contributed by atoms with Crippen LogP contribution >= 0.6 is 0 Å². The summed E-state index contributed by atoms with van der Waals surface area (Å²) in [7, 11) is 1.62. The molecule has 1 amide bonds. The van der Waals surface area contributed by atoms with Crippen LogP contribution in [0.1, 0.15) is 30.6 Å². The lowest BCUT2D eigenvalue weighted by molar-refractivity contribution is 0.0921. The highest BCUT2D eigenvalue weighted by Crippen LogP contribution is 2.23. The molecule has 0 aliphatic carbocycles. The van der Waals surface area contributed by atoms with Crippen molar-refractivity contribution in [3.8, 4) is 5.75 Å². The van der Waals surface area contributed by atoms with Gasteiger partial charge in [0.2, 0.25) is 0 Å². The molecule has 5 nitrogen and oxygen atoms in total. The fourth-order valence-electron chi connectivity index (χ4n) is 2.38. The number of benzene rings is 2. The Balaban J connectivity index is 2.02. The monoisotopic (exact) mass is 342 g/mol. The summed E-state index contributed by atoms with van der Waals surface area (Å²) in [5.41, 5.74) is 2.17. The minimum absolute atomic E-state index is 0.160. The van der Waals surface area contributed by atoms with E-state index in [2.05, 4.69) is 10.6 Å². The van der Waals surface area contributed by atoms with Crippen molar-refractivity contribution in [2.45, 2.75) is 26.4 Å². The summed E-state index contributed by atoms with van der Waals surface area (Å²) in [5, 5.41) is 16.0. The Morgan fingerprint density at radius 1 is 1.12 bits per heavy atom. The summed E-state index contributed by atoms with van der Waals surface area (Å²) < 4.78 is 5.15. The van der Waals surface area contributed by atoms with Gasteiger partial charge in [-0.25, -0.2) is 0 Å². The van der Waals surface area contributed by atoms with Gasteiger partial charge in [-0.05, 0) is 48.7 Å². The zero-order valence-corrected chi connectivity index (χ0v) is 15.0. The smallest absolute Gasteiger partial charge is 0.253 e. The lowest BCUT2D eigenvalue weighted by Crippen LogP contribution is -2.29. The van der Waals surface area contributed by atoms with Gasteiger partial charge < -0.3 is 20.5 Å². The Kier molecular flexibility index (Phi) is 6.83. The second kappa shape index (κ2) is 9.08. The molecule has 0 saturated carbocycles. The van der Waals surface area contributed by atoms with Crippen LogP contribution in [-0.4, -0.2) is 30.8 Å². The molecular weight excluding hydrogens is 316 g/mol. The SMILES string of the molecule is COc1ccc(Nc2ccccc2C(=O)NCCC(O)C(C)C)cc1. The van der Waals surface area contributed by atoms with E-state index in [0.717, 1.165) is 17.1 Å². The third kappa shape index (κ3) is 5.50. The van der Waals surface area contributed by atoms with Crippen molar-refractivity contribution < 1.29 is 14.6 Å². The van der Waals surface area contributed by atoms with Crippen molar-refractivity contribution >= 4 is 17.3 Å². The van der Waals surface area contributed by atoms with Gasteiger partial charge in [0.25, 0.3) is 5.91 Å². The number of aliphatic hydroxyl groups excluding tert-OH is 1. The molecule has 0 bridgehead atoms. The first-order valence-corrected chi connectivity index (χ1v) is 8.47. The minimum atomic E-state index is -0.409. The third-order valence-electron chi connectivity index (χ3n) is 4.04. The molecule has 1 atom stereocenters. The van der Waals surface area contributed by atoms with Crippen LogP contribution in [0.25, 0.3) is 0 Å². The number of hydrogen-bond donors (Lipinski definition) is 3. The van der Waals surface area contributed by atoms with Gasteiger partial charge >= 0.3 is 0 Å². The van der Waals surface area contributed by atoms with Crippen molar-refractivity contribution in [2.24, 2.45) is 5.92 Å². The Labute approximate surface area is 149 Å². The molecule has 1 unspecified atom stereocenters. The number of rotatable bonds is 8. The highest BCUT2D eigenvalue weighted by Gasteiger charge is 2.13. The number of ether oxygens (including phenoxy) is 1. The van der Waals surface area contributed by atoms with Crippen LogP contribution in [0.2, 0.25) is 0 Å². The van der Waals surface area contributed by atoms with E-state index in [-0.39, 0.29) is 11.8 Å². The number of nitrogens with one attached hydrogen (secondary N) is 2. The average molecular weight is 342 g/mol. The first-order chi connectivity index (χ1) is 12.0. The van der Waals surface area contributed by atoms with E-state index in [0.29, 0.717) is 18.5 Å².